The minimum Gasteiger partial charge on any atom is -0.463 e. The molecule has 0 aromatic carbocycles. The summed E-state index contributed by atoms with van der Waals surface area (Å²) in [7, 11) is -5.81. The second-order valence-corrected chi connectivity index (χ2v) is 35.2. The van der Waals surface area contributed by atoms with Gasteiger partial charge in [0.1, 0.15) is 92.6 Å². The van der Waals surface area contributed by atoms with Gasteiger partial charge in [-0.2, -0.15) is 0 Å². The van der Waals surface area contributed by atoms with Crippen molar-refractivity contribution in [2.75, 3.05) is 26.4 Å². The number of aliphatic hydroxyl groups excluding tert-OH is 9. The lowest BCUT2D eigenvalue weighted by Gasteiger charge is -2.50. The van der Waals surface area contributed by atoms with Gasteiger partial charge in [-0.25, -0.2) is 4.57 Å². The predicted molar refractivity (Wildman–Crippen MR) is 453 cm³/mol. The fourth-order valence-electron chi connectivity index (χ4n) is 15.5. The first-order valence-electron chi connectivity index (χ1n) is 47.0. The summed E-state index contributed by atoms with van der Waals surface area (Å²) in [6.45, 7) is 7.88. The molecule has 26 heteroatoms. The Hall–Kier alpha value is -3.05. The third-order valence-corrected chi connectivity index (χ3v) is 24.1. The van der Waals surface area contributed by atoms with Crippen molar-refractivity contribution in [3.63, 3.8) is 0 Å². The predicted octanol–water partition coefficient (Wildman–Crippen LogP) is 17.2. The highest BCUT2D eigenvalue weighted by Crippen LogP contribution is 2.49. The summed E-state index contributed by atoms with van der Waals surface area (Å²) in [5.74, 6) is -2.33. The number of aliphatic hydroxyl groups is 9. The van der Waals surface area contributed by atoms with Crippen molar-refractivity contribution in [1.82, 2.24) is 0 Å². The number of phosphoric ester groups is 1. The molecule has 19 atom stereocenters. The smallest absolute Gasteiger partial charge is 0.463 e. The first kappa shape index (κ1) is 108. The molecule has 19 unspecified atom stereocenters. The van der Waals surface area contributed by atoms with E-state index in [1.54, 1.807) is 0 Å². The maximum atomic E-state index is 14.9. The Morgan fingerprint density at radius 3 is 1.11 bits per heavy atom. The number of hydrogen-bond acceptors (Lipinski definition) is 24. The number of carbonyl (C=O) groups is 4. The molecule has 0 amide bonds. The summed E-state index contributed by atoms with van der Waals surface area (Å²) in [5.41, 5.74) is 0. The Morgan fingerprint density at radius 1 is 0.359 bits per heavy atom. The van der Waals surface area contributed by atoms with Gasteiger partial charge in [-0.05, 0) is 83.0 Å². The zero-order chi connectivity index (χ0) is 85.5. The number of esters is 4. The van der Waals surface area contributed by atoms with E-state index in [0.717, 1.165) is 122 Å². The number of ether oxygens (including phenoxy) is 8. The topological polar surface area (TPSA) is 380 Å². The van der Waals surface area contributed by atoms with E-state index in [2.05, 4.69) is 58.9 Å². The minimum atomic E-state index is -5.81. The van der Waals surface area contributed by atoms with Crippen LogP contribution in [0.2, 0.25) is 0 Å². The summed E-state index contributed by atoms with van der Waals surface area (Å²) in [6.07, 6.45) is 27.6. The van der Waals surface area contributed by atoms with Gasteiger partial charge in [0.15, 0.2) is 24.8 Å². The van der Waals surface area contributed by atoms with Crippen molar-refractivity contribution in [2.24, 2.45) is 5.92 Å². The van der Waals surface area contributed by atoms with Crippen molar-refractivity contribution in [3.8, 4) is 0 Å². The van der Waals surface area contributed by atoms with Crippen molar-refractivity contribution >= 4 is 31.7 Å². The molecule has 2 aliphatic heterocycles. The summed E-state index contributed by atoms with van der Waals surface area (Å²) < 4.78 is 73.4. The Morgan fingerprint density at radius 2 is 0.692 bits per heavy atom. The Bertz CT molecular complexity index is 2550. The van der Waals surface area contributed by atoms with Crippen LogP contribution in [0.5, 0.6) is 0 Å². The highest BCUT2D eigenvalue weighted by Gasteiger charge is 2.60. The van der Waals surface area contributed by atoms with Gasteiger partial charge in [-0.1, -0.05) is 316 Å². The van der Waals surface area contributed by atoms with Crippen LogP contribution in [-0.4, -0.2) is 205 Å². The molecule has 0 spiro atoms. The van der Waals surface area contributed by atoms with Gasteiger partial charge in [-0.15, -0.1) is 0 Å². The number of hydrogen-bond donors (Lipinski definition) is 10. The minimum absolute atomic E-state index is 0.00633. The molecule has 2 saturated heterocycles. The molecule has 3 rings (SSSR count). The molecule has 686 valence electrons. The largest absolute Gasteiger partial charge is 0.472 e. The lowest BCUT2D eigenvalue weighted by molar-refractivity contribution is -0.360. The van der Waals surface area contributed by atoms with Crippen molar-refractivity contribution in [2.45, 2.75) is 498 Å². The maximum absolute atomic E-state index is 14.9. The molecule has 0 radical (unpaired) electrons. The Labute approximate surface area is 704 Å². The lowest BCUT2D eigenvalue weighted by Crippen LogP contribution is -2.70. The molecule has 3 aliphatic rings. The monoisotopic (exact) mass is 1690 g/mol. The van der Waals surface area contributed by atoms with E-state index in [-0.39, 0.29) is 25.7 Å². The molecule has 10 N–H and O–H groups in total. The van der Waals surface area contributed by atoms with Gasteiger partial charge in [0.2, 0.25) is 0 Å². The van der Waals surface area contributed by atoms with Crippen molar-refractivity contribution < 1.29 is 122 Å². The van der Waals surface area contributed by atoms with E-state index in [1.165, 1.54) is 173 Å². The molecular weight excluding hydrogens is 1520 g/mol. The van der Waals surface area contributed by atoms with Crippen LogP contribution in [-0.2, 0) is 70.7 Å². The van der Waals surface area contributed by atoms with Crippen LogP contribution in [0.4, 0.5) is 0 Å². The van der Waals surface area contributed by atoms with Crippen LogP contribution < -0.4 is 0 Å². The summed E-state index contributed by atoms with van der Waals surface area (Å²) >= 11 is 0. The third-order valence-electron chi connectivity index (χ3n) is 23.1. The second-order valence-electron chi connectivity index (χ2n) is 33.8. The van der Waals surface area contributed by atoms with Crippen LogP contribution in [0.1, 0.15) is 394 Å². The molecule has 1 aliphatic carbocycles. The Kier molecular flexibility index (Phi) is 64.0. The molecule has 1 saturated carbocycles. The van der Waals surface area contributed by atoms with Crippen LogP contribution in [0.25, 0.3) is 0 Å². The van der Waals surface area contributed by atoms with E-state index < -0.39 is 162 Å². The number of allylic oxidation sites excluding steroid dienone is 4. The second kappa shape index (κ2) is 69.3. The SMILES string of the molecule is CCCCCCCC/C=C\CCCCCC(=O)OCC(COP(=O)(O)OC1C(OC2OC(CO)C(O)C(O)C2O)C(O)C(O)C(OC(=O)CCCCCCCCCCCCCCCCCC)C1OC1OC(COC(=O)CCCCC/C=C\CCCCCCCC)C(O)C(O)C1O)OC(=O)CCCCCCCCC(C)CCCCCCCC. The van der Waals surface area contributed by atoms with Crippen LogP contribution >= 0.6 is 7.82 Å². The molecule has 25 nitrogen and oxygen atoms in total. The Balaban J connectivity index is 1.94. The van der Waals surface area contributed by atoms with Crippen molar-refractivity contribution in [3.05, 3.63) is 24.3 Å². The first-order chi connectivity index (χ1) is 56.6. The van der Waals surface area contributed by atoms with Crippen LogP contribution in [0.15, 0.2) is 24.3 Å². The summed E-state index contributed by atoms with van der Waals surface area (Å²) in [4.78, 5) is 66.5. The van der Waals surface area contributed by atoms with Gasteiger partial charge < -0.3 is 88.7 Å². The normalized spacial score (nSPS) is 25.4. The zero-order valence-electron chi connectivity index (χ0n) is 73.2. The van der Waals surface area contributed by atoms with Crippen molar-refractivity contribution in [1.29, 1.82) is 0 Å². The first-order valence-corrected chi connectivity index (χ1v) is 48.5. The fourth-order valence-corrected chi connectivity index (χ4v) is 16.5. The van der Waals surface area contributed by atoms with E-state index >= 15 is 0 Å². The highest BCUT2D eigenvalue weighted by molar-refractivity contribution is 7.47. The number of rotatable bonds is 75. The molecule has 2 heterocycles. The molecule has 0 aromatic heterocycles. The van der Waals surface area contributed by atoms with Gasteiger partial charge >= 0.3 is 31.7 Å². The molecular formula is C91H167O25P. The van der Waals surface area contributed by atoms with E-state index in [4.69, 9.17) is 46.9 Å². The van der Waals surface area contributed by atoms with Crippen LogP contribution in [0.3, 0.4) is 0 Å². The van der Waals surface area contributed by atoms with Crippen LogP contribution in [0, 0.1) is 5.92 Å². The zero-order valence-corrected chi connectivity index (χ0v) is 74.1. The number of phosphoric acid groups is 1. The quantitative estimate of drug-likeness (QED) is 0.00889. The summed E-state index contributed by atoms with van der Waals surface area (Å²) in [5, 5.41) is 102. The van der Waals surface area contributed by atoms with E-state index in [1.807, 2.05) is 0 Å². The lowest BCUT2D eigenvalue weighted by atomic mass is 9.84. The number of carbonyl (C=O) groups excluding carboxylic acids is 4. The molecule has 117 heavy (non-hydrogen) atoms. The number of unbranched alkanes of at least 4 members (excludes halogenated alkanes) is 43. The highest BCUT2D eigenvalue weighted by atomic mass is 31.2. The molecule has 0 bridgehead atoms. The fraction of sp³-hybridized carbons (Fsp3) is 0.912. The summed E-state index contributed by atoms with van der Waals surface area (Å²) in [6, 6.07) is 0. The third kappa shape index (κ3) is 49.9. The van der Waals surface area contributed by atoms with E-state index in [0.29, 0.717) is 44.4 Å². The van der Waals surface area contributed by atoms with Gasteiger partial charge in [-0.3, -0.25) is 28.2 Å². The average Bonchev–Trinajstić information content (AvgIpc) is 0.754. The van der Waals surface area contributed by atoms with Gasteiger partial charge in [0.05, 0.1) is 13.2 Å². The average molecular weight is 1690 g/mol. The van der Waals surface area contributed by atoms with Gasteiger partial charge in [0, 0.05) is 25.7 Å². The maximum Gasteiger partial charge on any atom is 0.472 e. The standard InChI is InChI=1S/C91H167O25P/c1-6-10-14-18-22-25-28-31-32-33-36-39-42-45-52-59-65-77(96)113-86-82(101)83(102)87(114-90-84(103)80(99)78(97)72(66-92)111-90)89(88(86)115-91-85(104)81(100)79(98)73(112-91)69-108-75(94)63-57-51-44-41-38-35-30-27-24-20-16-12-8-3)116-117(105,106)109-68-71(67-107-74(93)62-56-50-43-40-37-34-29-26-23-19-15-11-7-2)110-76(95)64-58-53-47-46-49-55-61-70(5)60-54-48-21-17-13-9-4/h34-35,37-38,70-73,78-92,97-104H,6-33,36,39-69H2,1-5H3,(H,105,106)/b37-34-,38-35-. The van der Waals surface area contributed by atoms with E-state index in [9.17, 15) is 74.6 Å². The van der Waals surface area contributed by atoms with Gasteiger partial charge in [0.25, 0.3) is 0 Å². The molecule has 3 fully saturated rings. The molecule has 0 aromatic rings.